The summed E-state index contributed by atoms with van der Waals surface area (Å²) in [5.41, 5.74) is 0.455. The molecule has 2 aliphatic rings. The van der Waals surface area contributed by atoms with E-state index in [9.17, 15) is 0 Å². The zero-order valence-corrected chi connectivity index (χ0v) is 14.3. The van der Waals surface area contributed by atoms with Crippen molar-refractivity contribution < 1.29 is 0 Å². The second-order valence-electron chi connectivity index (χ2n) is 7.92. The van der Waals surface area contributed by atoms with E-state index in [0.717, 1.165) is 12.0 Å². The predicted octanol–water partition coefficient (Wildman–Crippen LogP) is 4.20. The minimum atomic E-state index is 0.455. The van der Waals surface area contributed by atoms with Crippen LogP contribution in [-0.4, -0.2) is 35.6 Å². The second-order valence-corrected chi connectivity index (χ2v) is 7.92. The molecule has 1 saturated heterocycles. The van der Waals surface area contributed by atoms with Crippen LogP contribution >= 0.6 is 0 Å². The van der Waals surface area contributed by atoms with Gasteiger partial charge in [0.15, 0.2) is 0 Å². The van der Waals surface area contributed by atoms with Crippen molar-refractivity contribution in [2.75, 3.05) is 13.1 Å². The Kier molecular flexibility index (Phi) is 5.92. The van der Waals surface area contributed by atoms with Crippen molar-refractivity contribution >= 4 is 0 Å². The quantitative estimate of drug-likeness (QED) is 0.812. The van der Waals surface area contributed by atoms with Gasteiger partial charge in [0.2, 0.25) is 0 Å². The molecule has 2 heteroatoms. The fourth-order valence-electron chi connectivity index (χ4n) is 4.18. The van der Waals surface area contributed by atoms with E-state index >= 15 is 0 Å². The van der Waals surface area contributed by atoms with Gasteiger partial charge >= 0.3 is 0 Å². The lowest BCUT2D eigenvalue weighted by Crippen LogP contribution is -2.65. The number of piperazine rings is 1. The van der Waals surface area contributed by atoms with Gasteiger partial charge in [0.05, 0.1) is 0 Å². The molecule has 1 spiro atoms. The molecule has 1 aliphatic heterocycles. The summed E-state index contributed by atoms with van der Waals surface area (Å²) in [6, 6.07) is 1.46. The highest BCUT2D eigenvalue weighted by Gasteiger charge is 2.39. The van der Waals surface area contributed by atoms with Crippen LogP contribution in [0.3, 0.4) is 0 Å². The highest BCUT2D eigenvalue weighted by Crippen LogP contribution is 2.33. The number of hydrogen-bond acceptors (Lipinski definition) is 2. The first-order valence-corrected chi connectivity index (χ1v) is 9.03. The molecule has 0 amide bonds. The molecule has 20 heavy (non-hydrogen) atoms. The van der Waals surface area contributed by atoms with Gasteiger partial charge in [0.1, 0.15) is 0 Å². The van der Waals surface area contributed by atoms with E-state index in [1.807, 2.05) is 0 Å². The van der Waals surface area contributed by atoms with Crippen LogP contribution in [0.2, 0.25) is 0 Å². The van der Waals surface area contributed by atoms with E-state index in [1.165, 1.54) is 64.5 Å². The van der Waals surface area contributed by atoms with Gasteiger partial charge in [-0.2, -0.15) is 0 Å². The SMILES string of the molecule is CC(C)CCCC(C)N1CC2(CCCCC2)NCC1C. The molecule has 1 saturated carbocycles. The molecule has 2 nitrogen and oxygen atoms in total. The Labute approximate surface area is 126 Å². The van der Waals surface area contributed by atoms with Gasteiger partial charge in [-0.3, -0.25) is 4.90 Å². The van der Waals surface area contributed by atoms with E-state index in [2.05, 4.69) is 37.9 Å². The van der Waals surface area contributed by atoms with Crippen LogP contribution in [0.25, 0.3) is 0 Å². The van der Waals surface area contributed by atoms with Gasteiger partial charge in [-0.25, -0.2) is 0 Å². The highest BCUT2D eigenvalue weighted by atomic mass is 15.3. The zero-order chi connectivity index (χ0) is 14.6. The summed E-state index contributed by atoms with van der Waals surface area (Å²) in [6.45, 7) is 12.0. The van der Waals surface area contributed by atoms with Gasteiger partial charge < -0.3 is 5.32 Å². The molecule has 2 atom stereocenters. The maximum absolute atomic E-state index is 3.90. The standard InChI is InChI=1S/C18H36N2/c1-15(2)9-8-10-16(3)20-14-18(19-13-17(20)4)11-6-5-7-12-18/h15-17,19H,5-14H2,1-4H3. The van der Waals surface area contributed by atoms with Crippen molar-refractivity contribution in [3.05, 3.63) is 0 Å². The lowest BCUT2D eigenvalue weighted by molar-refractivity contribution is 0.0326. The predicted molar refractivity (Wildman–Crippen MR) is 88.1 cm³/mol. The van der Waals surface area contributed by atoms with Gasteiger partial charge in [0, 0.05) is 30.7 Å². The molecule has 0 aromatic heterocycles. The third-order valence-electron chi connectivity index (χ3n) is 5.60. The van der Waals surface area contributed by atoms with Crippen LogP contribution in [0.4, 0.5) is 0 Å². The molecule has 1 heterocycles. The molecule has 0 radical (unpaired) electrons. The fraction of sp³-hybridized carbons (Fsp3) is 1.00. The van der Waals surface area contributed by atoms with Crippen LogP contribution in [-0.2, 0) is 0 Å². The molecular formula is C18H36N2. The lowest BCUT2D eigenvalue weighted by atomic mass is 9.79. The second kappa shape index (κ2) is 7.26. The first-order chi connectivity index (χ1) is 9.52. The summed E-state index contributed by atoms with van der Waals surface area (Å²) in [5.74, 6) is 0.854. The van der Waals surface area contributed by atoms with Crippen molar-refractivity contribution in [2.45, 2.75) is 96.7 Å². The summed E-state index contributed by atoms with van der Waals surface area (Å²) in [7, 11) is 0. The number of hydrogen-bond donors (Lipinski definition) is 1. The fourth-order valence-corrected chi connectivity index (χ4v) is 4.18. The van der Waals surface area contributed by atoms with Crippen molar-refractivity contribution in [1.29, 1.82) is 0 Å². The van der Waals surface area contributed by atoms with Crippen molar-refractivity contribution in [2.24, 2.45) is 5.92 Å². The molecule has 2 fully saturated rings. The summed E-state index contributed by atoms with van der Waals surface area (Å²) < 4.78 is 0. The van der Waals surface area contributed by atoms with Crippen molar-refractivity contribution in [3.63, 3.8) is 0 Å². The maximum Gasteiger partial charge on any atom is 0.0309 e. The topological polar surface area (TPSA) is 15.3 Å². The Morgan fingerprint density at radius 3 is 2.45 bits per heavy atom. The number of rotatable bonds is 5. The lowest BCUT2D eigenvalue weighted by Gasteiger charge is -2.51. The van der Waals surface area contributed by atoms with E-state index < -0.39 is 0 Å². The van der Waals surface area contributed by atoms with Crippen molar-refractivity contribution in [3.8, 4) is 0 Å². The minimum Gasteiger partial charge on any atom is -0.308 e. The maximum atomic E-state index is 3.90. The molecule has 1 aliphatic carbocycles. The Morgan fingerprint density at radius 1 is 1.10 bits per heavy atom. The third-order valence-corrected chi connectivity index (χ3v) is 5.60. The first kappa shape index (κ1) is 16.3. The third kappa shape index (κ3) is 4.21. The van der Waals surface area contributed by atoms with Gasteiger partial charge in [-0.1, -0.05) is 46.0 Å². The van der Waals surface area contributed by atoms with E-state index in [4.69, 9.17) is 0 Å². The Balaban J connectivity index is 1.87. The normalized spacial score (nSPS) is 28.9. The largest absolute Gasteiger partial charge is 0.308 e. The van der Waals surface area contributed by atoms with Crippen LogP contribution in [0.1, 0.15) is 79.1 Å². The molecule has 118 valence electrons. The van der Waals surface area contributed by atoms with E-state index in [1.54, 1.807) is 0 Å². The first-order valence-electron chi connectivity index (χ1n) is 9.03. The summed E-state index contributed by atoms with van der Waals surface area (Å²) in [4.78, 5) is 2.81. The minimum absolute atomic E-state index is 0.455. The average Bonchev–Trinajstić information content (AvgIpc) is 2.42. The average molecular weight is 280 g/mol. The van der Waals surface area contributed by atoms with Gasteiger partial charge in [0.25, 0.3) is 0 Å². The molecular weight excluding hydrogens is 244 g/mol. The summed E-state index contributed by atoms with van der Waals surface area (Å²) >= 11 is 0. The van der Waals surface area contributed by atoms with Crippen LogP contribution in [0, 0.1) is 5.92 Å². The monoisotopic (exact) mass is 280 g/mol. The Hall–Kier alpha value is -0.0800. The van der Waals surface area contributed by atoms with Crippen molar-refractivity contribution in [1.82, 2.24) is 10.2 Å². The number of nitrogens with one attached hydrogen (secondary N) is 1. The highest BCUT2D eigenvalue weighted by molar-refractivity contribution is 4.99. The molecule has 2 unspecified atom stereocenters. The molecule has 0 bridgehead atoms. The summed E-state index contributed by atoms with van der Waals surface area (Å²) in [6.07, 6.45) is 11.2. The Morgan fingerprint density at radius 2 is 1.80 bits per heavy atom. The van der Waals surface area contributed by atoms with E-state index in [-0.39, 0.29) is 0 Å². The smallest absolute Gasteiger partial charge is 0.0309 e. The summed E-state index contributed by atoms with van der Waals surface area (Å²) in [5, 5.41) is 3.90. The Bertz CT molecular complexity index is 281. The zero-order valence-electron chi connectivity index (χ0n) is 14.3. The van der Waals surface area contributed by atoms with Gasteiger partial charge in [-0.05, 0) is 39.0 Å². The van der Waals surface area contributed by atoms with Crippen LogP contribution < -0.4 is 5.32 Å². The number of nitrogens with zero attached hydrogens (tertiary/aromatic N) is 1. The van der Waals surface area contributed by atoms with E-state index in [0.29, 0.717) is 11.6 Å². The molecule has 0 aromatic carbocycles. The molecule has 2 rings (SSSR count). The van der Waals surface area contributed by atoms with Crippen LogP contribution in [0.5, 0.6) is 0 Å². The van der Waals surface area contributed by atoms with Gasteiger partial charge in [-0.15, -0.1) is 0 Å². The van der Waals surface area contributed by atoms with Crippen LogP contribution in [0.15, 0.2) is 0 Å². The molecule has 0 aromatic rings. The molecule has 1 N–H and O–H groups in total.